The first kappa shape index (κ1) is 7.36. The summed E-state index contributed by atoms with van der Waals surface area (Å²) in [5, 5.41) is 7.16. The highest BCUT2D eigenvalue weighted by Gasteiger charge is 1.99. The van der Waals surface area contributed by atoms with Crippen molar-refractivity contribution in [3.05, 3.63) is 22.8 Å². The lowest BCUT2D eigenvalue weighted by molar-refractivity contribution is -0.752. The third-order valence-corrected chi connectivity index (χ3v) is 1.10. The van der Waals surface area contributed by atoms with Gasteiger partial charge >= 0.3 is 0 Å². The maximum atomic E-state index is 7.95. The Labute approximate surface area is 62.6 Å². The predicted octanol–water partition coefficient (Wildman–Crippen LogP) is -0.805. The molecule has 0 saturated heterocycles. The molecule has 58 valence electrons. The Morgan fingerprint density at radius 2 is 2.64 bits per heavy atom. The zero-order chi connectivity index (χ0) is 8.10. The van der Waals surface area contributed by atoms with Gasteiger partial charge in [-0.05, 0) is 10.3 Å². The molecule has 7 heteroatoms. The van der Waals surface area contributed by atoms with Crippen LogP contribution in [0.15, 0.2) is 17.5 Å². The van der Waals surface area contributed by atoms with Crippen LogP contribution in [0.4, 0.5) is 0 Å². The van der Waals surface area contributed by atoms with Gasteiger partial charge in [-0.2, -0.15) is 0 Å². The summed E-state index contributed by atoms with van der Waals surface area (Å²) in [5.74, 6) is 5.26. The van der Waals surface area contributed by atoms with E-state index < -0.39 is 0 Å². The van der Waals surface area contributed by atoms with E-state index in [1.165, 1.54) is 4.79 Å². The smallest absolute Gasteiger partial charge is 0.184 e. The molecule has 1 heterocycles. The summed E-state index contributed by atoms with van der Waals surface area (Å²) in [6, 6.07) is 0. The van der Waals surface area contributed by atoms with Crippen LogP contribution in [0.2, 0.25) is 0 Å². The molecule has 1 aromatic heterocycles. The van der Waals surface area contributed by atoms with Gasteiger partial charge in [0.15, 0.2) is 12.4 Å². The lowest BCUT2D eigenvalue weighted by Gasteiger charge is -1.84. The van der Waals surface area contributed by atoms with Crippen LogP contribution < -0.4 is 10.5 Å². The molecule has 0 fully saturated rings. The number of azide groups is 1. The van der Waals surface area contributed by atoms with E-state index in [2.05, 4.69) is 15.2 Å². The second-order valence-corrected chi connectivity index (χ2v) is 1.89. The molecule has 0 atom stereocenters. The fourth-order valence-electron chi connectivity index (χ4n) is 0.649. The third kappa shape index (κ3) is 2.15. The highest BCUT2D eigenvalue weighted by atomic mass is 15.6. The van der Waals surface area contributed by atoms with Crippen LogP contribution in [0.3, 0.4) is 0 Å². The minimum atomic E-state index is 0.387. The number of nitrogens with zero attached hydrogens (tertiary/aromatic N) is 6. The number of aromatic nitrogens is 3. The topological polar surface area (TPSA) is 96.5 Å². The lowest BCUT2D eigenvalue weighted by atomic mass is 10.6. The van der Waals surface area contributed by atoms with E-state index in [1.807, 2.05) is 0 Å². The lowest BCUT2D eigenvalue weighted by Crippen LogP contribution is -2.38. The second kappa shape index (κ2) is 3.43. The summed E-state index contributed by atoms with van der Waals surface area (Å²) in [6.07, 6.45) is 3.31. The molecular formula is C4H8N7+. The number of nitrogen functional groups attached to an aromatic ring is 1. The van der Waals surface area contributed by atoms with Crippen LogP contribution in [-0.2, 0) is 6.54 Å². The SMILES string of the molecule is [N-]=[N+]=NCC[n+]1ccn(N)n1. The molecule has 7 nitrogen and oxygen atoms in total. The van der Waals surface area contributed by atoms with E-state index in [9.17, 15) is 0 Å². The molecule has 0 saturated carbocycles. The highest BCUT2D eigenvalue weighted by Crippen LogP contribution is 1.72. The molecule has 0 aliphatic carbocycles. The molecule has 1 aromatic rings. The van der Waals surface area contributed by atoms with Gasteiger partial charge in [-0.15, -0.1) is 4.68 Å². The number of hydrogen-bond donors (Lipinski definition) is 1. The van der Waals surface area contributed by atoms with Gasteiger partial charge in [0, 0.05) is 4.91 Å². The average molecular weight is 154 g/mol. The second-order valence-electron chi connectivity index (χ2n) is 1.89. The summed E-state index contributed by atoms with van der Waals surface area (Å²) < 4.78 is 1.59. The van der Waals surface area contributed by atoms with Crippen molar-refractivity contribution in [3.63, 3.8) is 0 Å². The van der Waals surface area contributed by atoms with Crippen molar-refractivity contribution >= 4 is 0 Å². The molecule has 11 heavy (non-hydrogen) atoms. The highest BCUT2D eigenvalue weighted by molar-refractivity contribution is 4.55. The van der Waals surface area contributed by atoms with Crippen molar-refractivity contribution in [1.82, 2.24) is 10.0 Å². The molecule has 0 radical (unpaired) electrons. The van der Waals surface area contributed by atoms with Gasteiger partial charge in [0.2, 0.25) is 0 Å². The minimum absolute atomic E-state index is 0.387. The molecule has 0 unspecified atom stereocenters. The summed E-state index contributed by atoms with van der Waals surface area (Å²) in [7, 11) is 0. The molecule has 0 bridgehead atoms. The van der Waals surface area contributed by atoms with Crippen molar-refractivity contribution in [2.45, 2.75) is 6.54 Å². The predicted molar refractivity (Wildman–Crippen MR) is 36.6 cm³/mol. The Bertz CT molecular complexity index is 270. The standard InChI is InChI=1S/C4H8N7/c5-8-7-1-2-10-3-4-11(6)9-10/h3-4H,1-2H2,(H2,6,9)/q+1. The summed E-state index contributed by atoms with van der Waals surface area (Å²) >= 11 is 0. The molecule has 0 aromatic carbocycles. The molecule has 0 aliphatic heterocycles. The molecular weight excluding hydrogens is 146 g/mol. The first-order chi connectivity index (χ1) is 5.33. The van der Waals surface area contributed by atoms with Gasteiger partial charge in [0.25, 0.3) is 0 Å². The zero-order valence-corrected chi connectivity index (χ0v) is 5.83. The van der Waals surface area contributed by atoms with E-state index in [-0.39, 0.29) is 0 Å². The Kier molecular flexibility index (Phi) is 2.29. The first-order valence-electron chi connectivity index (χ1n) is 3.04. The van der Waals surface area contributed by atoms with Gasteiger partial charge in [-0.25, -0.2) is 5.84 Å². The van der Waals surface area contributed by atoms with Gasteiger partial charge < -0.3 is 0 Å². The monoisotopic (exact) mass is 154 g/mol. The van der Waals surface area contributed by atoms with Crippen molar-refractivity contribution in [3.8, 4) is 0 Å². The van der Waals surface area contributed by atoms with Crippen molar-refractivity contribution in [2.24, 2.45) is 5.11 Å². The third-order valence-electron chi connectivity index (χ3n) is 1.10. The van der Waals surface area contributed by atoms with E-state index in [0.29, 0.717) is 13.1 Å². The fourth-order valence-corrected chi connectivity index (χ4v) is 0.649. The van der Waals surface area contributed by atoms with Gasteiger partial charge in [-0.1, -0.05) is 5.11 Å². The average Bonchev–Trinajstić information content (AvgIpc) is 2.37. The fraction of sp³-hybridized carbons (Fsp3) is 0.500. The van der Waals surface area contributed by atoms with Crippen LogP contribution >= 0.6 is 0 Å². The Morgan fingerprint density at radius 1 is 1.82 bits per heavy atom. The zero-order valence-electron chi connectivity index (χ0n) is 5.83. The normalized spacial score (nSPS) is 9.09. The first-order valence-corrected chi connectivity index (χ1v) is 3.04. The van der Waals surface area contributed by atoms with Crippen LogP contribution in [0.5, 0.6) is 0 Å². The van der Waals surface area contributed by atoms with Gasteiger partial charge in [0.05, 0.1) is 6.54 Å². The van der Waals surface area contributed by atoms with Crippen LogP contribution in [-0.4, -0.2) is 16.5 Å². The summed E-state index contributed by atoms with van der Waals surface area (Å²) in [4.78, 5) is 3.79. The Hall–Kier alpha value is -1.75. The van der Waals surface area contributed by atoms with E-state index in [0.717, 1.165) is 0 Å². The van der Waals surface area contributed by atoms with Crippen LogP contribution in [0.1, 0.15) is 0 Å². The van der Waals surface area contributed by atoms with Crippen LogP contribution in [0, 0.1) is 0 Å². The molecule has 0 spiro atoms. The van der Waals surface area contributed by atoms with Crippen molar-refractivity contribution in [1.29, 1.82) is 0 Å². The summed E-state index contributed by atoms with van der Waals surface area (Å²) in [5.41, 5.74) is 7.95. The Morgan fingerprint density at radius 3 is 3.18 bits per heavy atom. The quantitative estimate of drug-likeness (QED) is 0.202. The minimum Gasteiger partial charge on any atom is -0.249 e. The van der Waals surface area contributed by atoms with Gasteiger partial charge in [0.1, 0.15) is 11.8 Å². The van der Waals surface area contributed by atoms with E-state index >= 15 is 0 Å². The molecule has 0 amide bonds. The maximum Gasteiger partial charge on any atom is 0.184 e. The molecule has 0 aliphatic rings. The number of hydrogen-bond acceptors (Lipinski definition) is 3. The number of rotatable bonds is 3. The number of nitrogens with two attached hydrogens (primary N) is 1. The van der Waals surface area contributed by atoms with E-state index in [1.54, 1.807) is 17.1 Å². The summed E-state index contributed by atoms with van der Waals surface area (Å²) in [6.45, 7) is 0.937. The Balaban J connectivity index is 2.44. The maximum absolute atomic E-state index is 7.95. The van der Waals surface area contributed by atoms with Crippen LogP contribution in [0.25, 0.3) is 10.4 Å². The van der Waals surface area contributed by atoms with E-state index in [4.69, 9.17) is 11.4 Å². The molecule has 1 rings (SSSR count). The largest absolute Gasteiger partial charge is 0.249 e. The molecule has 2 N–H and O–H groups in total. The van der Waals surface area contributed by atoms with Crippen molar-refractivity contribution < 1.29 is 4.68 Å². The van der Waals surface area contributed by atoms with Gasteiger partial charge in [-0.3, -0.25) is 0 Å². The van der Waals surface area contributed by atoms with Crippen molar-refractivity contribution in [2.75, 3.05) is 12.4 Å².